The zero-order chi connectivity index (χ0) is 11.5. The molecule has 82 valence electrons. The third kappa shape index (κ3) is 3.49. The lowest BCUT2D eigenvalue weighted by atomic mass is 10.1. The zero-order valence-corrected chi connectivity index (χ0v) is 7.54. The van der Waals surface area contributed by atoms with Crippen LogP contribution in [0.15, 0.2) is 24.3 Å². The van der Waals surface area contributed by atoms with Crippen molar-refractivity contribution in [2.24, 2.45) is 5.73 Å². The van der Waals surface area contributed by atoms with E-state index in [1.807, 2.05) is 0 Å². The minimum Gasteiger partial charge on any atom is -0.445 e. The monoisotopic (exact) mass is 219 g/mol. The Morgan fingerprint density at radius 3 is 2.20 bits per heavy atom. The maximum atomic E-state index is 12.1. The van der Waals surface area contributed by atoms with Crippen molar-refractivity contribution in [1.29, 1.82) is 0 Å². The summed E-state index contributed by atoms with van der Waals surface area (Å²) >= 11 is 0. The van der Waals surface area contributed by atoms with Crippen molar-refractivity contribution in [2.45, 2.75) is 12.8 Å². The van der Waals surface area contributed by atoms with Gasteiger partial charge in [-0.1, -0.05) is 12.1 Å². The summed E-state index contributed by atoms with van der Waals surface area (Å²) in [6, 6.07) is 4.29. The number of hydrogen-bond donors (Lipinski definition) is 1. The van der Waals surface area contributed by atoms with Gasteiger partial charge in [-0.3, -0.25) is 0 Å². The molecule has 0 radical (unpaired) electrons. The minimum absolute atomic E-state index is 0.131. The highest BCUT2D eigenvalue weighted by molar-refractivity contribution is 5.64. The van der Waals surface area contributed by atoms with Gasteiger partial charge in [0.2, 0.25) is 0 Å². The number of amides is 1. The van der Waals surface area contributed by atoms with Crippen LogP contribution < -0.4 is 5.73 Å². The molecule has 0 aromatic heterocycles. The van der Waals surface area contributed by atoms with Crippen LogP contribution in [0, 0.1) is 0 Å². The molecule has 1 rings (SSSR count). The molecule has 0 aliphatic carbocycles. The second-order valence-corrected chi connectivity index (χ2v) is 2.80. The molecule has 0 unspecified atom stereocenters. The number of primary amides is 1. The first-order valence-electron chi connectivity index (χ1n) is 3.98. The summed E-state index contributed by atoms with van der Waals surface area (Å²) in [7, 11) is 0. The fourth-order valence-corrected chi connectivity index (χ4v) is 0.944. The number of hydrogen-bond acceptors (Lipinski definition) is 2. The number of benzene rings is 1. The van der Waals surface area contributed by atoms with Crippen LogP contribution in [0.5, 0.6) is 0 Å². The molecule has 0 aliphatic rings. The van der Waals surface area contributed by atoms with E-state index in [1.54, 1.807) is 0 Å². The SMILES string of the molecule is NC(=O)OCc1ccc(C(F)(F)F)cc1. The Morgan fingerprint density at radius 1 is 1.27 bits per heavy atom. The summed E-state index contributed by atoms with van der Waals surface area (Å²) in [5, 5.41) is 0. The van der Waals surface area contributed by atoms with Crippen molar-refractivity contribution in [3.05, 3.63) is 35.4 Å². The molecule has 2 N–H and O–H groups in total. The van der Waals surface area contributed by atoms with Gasteiger partial charge in [-0.2, -0.15) is 13.2 Å². The predicted molar refractivity (Wildman–Crippen MR) is 45.8 cm³/mol. The zero-order valence-electron chi connectivity index (χ0n) is 7.54. The molecule has 0 bridgehead atoms. The second kappa shape index (κ2) is 4.20. The Hall–Kier alpha value is -1.72. The smallest absolute Gasteiger partial charge is 0.416 e. The number of carbonyl (C=O) groups excluding carboxylic acids is 1. The van der Waals surface area contributed by atoms with E-state index < -0.39 is 17.8 Å². The number of rotatable bonds is 2. The van der Waals surface area contributed by atoms with Gasteiger partial charge in [-0.05, 0) is 17.7 Å². The predicted octanol–water partition coefficient (Wildman–Crippen LogP) is 2.30. The van der Waals surface area contributed by atoms with Crippen molar-refractivity contribution in [3.63, 3.8) is 0 Å². The molecular weight excluding hydrogens is 211 g/mol. The number of ether oxygens (including phenoxy) is 1. The summed E-state index contributed by atoms with van der Waals surface area (Å²) in [6.07, 6.45) is -5.32. The quantitative estimate of drug-likeness (QED) is 0.829. The molecule has 3 nitrogen and oxygen atoms in total. The maximum Gasteiger partial charge on any atom is 0.416 e. The highest BCUT2D eigenvalue weighted by atomic mass is 19.4. The van der Waals surface area contributed by atoms with Crippen LogP contribution in [0.2, 0.25) is 0 Å². The van der Waals surface area contributed by atoms with Crippen LogP contribution in [0.4, 0.5) is 18.0 Å². The lowest BCUT2D eigenvalue weighted by Gasteiger charge is -2.07. The first-order valence-corrected chi connectivity index (χ1v) is 3.98. The summed E-state index contributed by atoms with van der Waals surface area (Å²) in [5.41, 5.74) is 4.40. The molecule has 0 heterocycles. The Labute approximate surface area is 83.6 Å². The van der Waals surface area contributed by atoms with Crippen LogP contribution in [0.1, 0.15) is 11.1 Å². The van der Waals surface area contributed by atoms with Gasteiger partial charge in [0, 0.05) is 0 Å². The van der Waals surface area contributed by atoms with Gasteiger partial charge < -0.3 is 10.5 Å². The van der Waals surface area contributed by atoms with Crippen LogP contribution in [0.25, 0.3) is 0 Å². The summed E-state index contributed by atoms with van der Waals surface area (Å²) in [4.78, 5) is 10.2. The fraction of sp³-hybridized carbons (Fsp3) is 0.222. The average molecular weight is 219 g/mol. The van der Waals surface area contributed by atoms with Crippen LogP contribution in [-0.4, -0.2) is 6.09 Å². The number of carbonyl (C=O) groups is 1. The van der Waals surface area contributed by atoms with Crippen molar-refractivity contribution in [3.8, 4) is 0 Å². The molecule has 0 spiro atoms. The topological polar surface area (TPSA) is 52.3 Å². The summed E-state index contributed by atoms with van der Waals surface area (Å²) in [5.74, 6) is 0. The van der Waals surface area contributed by atoms with Crippen LogP contribution in [-0.2, 0) is 17.5 Å². The molecule has 1 amide bonds. The van der Waals surface area contributed by atoms with Gasteiger partial charge in [-0.25, -0.2) is 4.79 Å². The molecule has 15 heavy (non-hydrogen) atoms. The van der Waals surface area contributed by atoms with Gasteiger partial charge in [-0.15, -0.1) is 0 Å². The second-order valence-electron chi connectivity index (χ2n) is 2.80. The Morgan fingerprint density at radius 2 is 1.80 bits per heavy atom. The molecule has 6 heteroatoms. The molecule has 1 aromatic carbocycles. The van der Waals surface area contributed by atoms with E-state index in [1.165, 1.54) is 12.1 Å². The van der Waals surface area contributed by atoms with Gasteiger partial charge in [0.1, 0.15) is 6.61 Å². The molecule has 0 saturated heterocycles. The van der Waals surface area contributed by atoms with E-state index in [0.29, 0.717) is 5.56 Å². The molecular formula is C9H8F3NO2. The van der Waals surface area contributed by atoms with Gasteiger partial charge >= 0.3 is 12.3 Å². The van der Waals surface area contributed by atoms with E-state index in [-0.39, 0.29) is 6.61 Å². The lowest BCUT2D eigenvalue weighted by molar-refractivity contribution is -0.137. The largest absolute Gasteiger partial charge is 0.445 e. The van der Waals surface area contributed by atoms with Crippen LogP contribution >= 0.6 is 0 Å². The van der Waals surface area contributed by atoms with E-state index in [2.05, 4.69) is 4.74 Å². The van der Waals surface area contributed by atoms with Gasteiger partial charge in [0.05, 0.1) is 5.56 Å². The Kier molecular flexibility index (Phi) is 3.18. The Balaban J connectivity index is 2.69. The van der Waals surface area contributed by atoms with Gasteiger partial charge in [0.25, 0.3) is 0 Å². The minimum atomic E-state index is -4.36. The molecule has 0 saturated carbocycles. The van der Waals surface area contributed by atoms with Crippen molar-refractivity contribution in [2.75, 3.05) is 0 Å². The highest BCUT2D eigenvalue weighted by Crippen LogP contribution is 2.29. The van der Waals surface area contributed by atoms with Crippen molar-refractivity contribution < 1.29 is 22.7 Å². The standard InChI is InChI=1S/C9H8F3NO2/c10-9(11,12)7-3-1-6(2-4-7)5-15-8(13)14/h1-4H,5H2,(H2,13,14). The number of alkyl halides is 3. The fourth-order valence-electron chi connectivity index (χ4n) is 0.944. The van der Waals surface area contributed by atoms with E-state index in [0.717, 1.165) is 12.1 Å². The first-order chi connectivity index (χ1) is 6.89. The van der Waals surface area contributed by atoms with E-state index in [9.17, 15) is 18.0 Å². The van der Waals surface area contributed by atoms with E-state index >= 15 is 0 Å². The molecule has 0 aliphatic heterocycles. The first kappa shape index (κ1) is 11.4. The summed E-state index contributed by atoms with van der Waals surface area (Å²) < 4.78 is 40.8. The highest BCUT2D eigenvalue weighted by Gasteiger charge is 2.29. The van der Waals surface area contributed by atoms with Crippen LogP contribution in [0.3, 0.4) is 0 Å². The number of halogens is 3. The Bertz CT molecular complexity index is 345. The molecule has 0 atom stereocenters. The lowest BCUT2D eigenvalue weighted by Crippen LogP contribution is -2.12. The molecule has 0 fully saturated rings. The van der Waals surface area contributed by atoms with Crippen molar-refractivity contribution >= 4 is 6.09 Å². The van der Waals surface area contributed by atoms with Gasteiger partial charge in [0.15, 0.2) is 0 Å². The normalized spacial score (nSPS) is 11.1. The van der Waals surface area contributed by atoms with E-state index in [4.69, 9.17) is 5.73 Å². The number of nitrogens with two attached hydrogens (primary N) is 1. The summed E-state index contributed by atoms with van der Waals surface area (Å²) in [6.45, 7) is -0.131. The average Bonchev–Trinajstić information content (AvgIpc) is 2.14. The molecule has 1 aromatic rings. The third-order valence-electron chi connectivity index (χ3n) is 1.66. The maximum absolute atomic E-state index is 12.1. The van der Waals surface area contributed by atoms with Crippen molar-refractivity contribution in [1.82, 2.24) is 0 Å². The third-order valence-corrected chi connectivity index (χ3v) is 1.66.